The van der Waals surface area contributed by atoms with Crippen LogP contribution in [-0.2, 0) is 11.8 Å². The molecule has 2 aliphatic rings. The summed E-state index contributed by atoms with van der Waals surface area (Å²) in [6.07, 6.45) is 5.42. The Morgan fingerprint density at radius 2 is 1.97 bits per heavy atom. The summed E-state index contributed by atoms with van der Waals surface area (Å²) in [5.41, 5.74) is 6.74. The molecule has 0 radical (unpaired) electrons. The molecule has 7 nitrogen and oxygen atoms in total. The zero-order chi connectivity index (χ0) is 25.0. The Morgan fingerprint density at radius 1 is 1.22 bits per heavy atom. The molecule has 4 aromatic rings. The van der Waals surface area contributed by atoms with Crippen LogP contribution >= 0.6 is 0 Å². The molecule has 1 N–H and O–H groups in total. The number of ether oxygens (including phenoxy) is 1. The lowest BCUT2D eigenvalue weighted by atomic mass is 9.57. The van der Waals surface area contributed by atoms with Gasteiger partial charge in [0, 0.05) is 48.0 Å². The van der Waals surface area contributed by atoms with Crippen LogP contribution in [0.2, 0.25) is 0 Å². The van der Waals surface area contributed by atoms with E-state index < -0.39 is 0 Å². The van der Waals surface area contributed by atoms with E-state index in [1.54, 1.807) is 0 Å². The molecule has 0 atom stereocenters. The van der Waals surface area contributed by atoms with E-state index in [0.29, 0.717) is 12.5 Å². The van der Waals surface area contributed by atoms with E-state index >= 15 is 0 Å². The number of nitrogens with one attached hydrogen (secondary N) is 1. The monoisotopic (exact) mass is 481 g/mol. The number of benzene rings is 2. The van der Waals surface area contributed by atoms with Gasteiger partial charge in [0.25, 0.3) is 0 Å². The summed E-state index contributed by atoms with van der Waals surface area (Å²) in [4.78, 5) is 19.1. The zero-order valence-electron chi connectivity index (χ0n) is 21.0. The molecule has 6 rings (SSSR count). The number of hydrogen-bond donors (Lipinski definition) is 1. The Kier molecular flexibility index (Phi) is 5.25. The number of H-pyrrole nitrogens is 1. The molecule has 0 unspecified atom stereocenters. The SMILES string of the molecule is C=CC(=O)N1CC2(CC(c3nc(-c4ccc(OCC)cc4)c(-c4c(C)ccc5[nH]ncc45)n3C)C2)C1. The van der Waals surface area contributed by atoms with Crippen molar-refractivity contribution in [3.8, 4) is 28.3 Å². The highest BCUT2D eigenvalue weighted by atomic mass is 16.5. The largest absolute Gasteiger partial charge is 0.494 e. The second-order valence-corrected chi connectivity index (χ2v) is 10.3. The summed E-state index contributed by atoms with van der Waals surface area (Å²) in [5, 5.41) is 8.53. The van der Waals surface area contributed by atoms with Gasteiger partial charge in [0.05, 0.1) is 29.7 Å². The van der Waals surface area contributed by atoms with E-state index in [0.717, 1.165) is 70.9 Å². The number of amides is 1. The minimum absolute atomic E-state index is 0.0322. The standard InChI is InChI=1S/C29H31N5O2/c1-5-24(35)34-16-29(17-34)13-20(14-29)28-31-26(19-8-10-21(11-9-19)36-6-2)27(33(28)4)25-18(3)7-12-23-22(25)15-30-32-23/h5,7-12,15,20H,1,6,13-14,16-17H2,2-4H3,(H,30,32). The maximum atomic E-state index is 11.9. The number of hydrogen-bond acceptors (Lipinski definition) is 4. The van der Waals surface area contributed by atoms with Crippen molar-refractivity contribution in [1.82, 2.24) is 24.6 Å². The van der Waals surface area contributed by atoms with Crippen LogP contribution in [0.5, 0.6) is 5.75 Å². The second kappa shape index (κ2) is 8.36. The maximum absolute atomic E-state index is 11.9. The fourth-order valence-electron chi connectivity index (χ4n) is 6.16. The van der Waals surface area contributed by atoms with E-state index in [1.165, 1.54) is 11.6 Å². The van der Waals surface area contributed by atoms with E-state index in [4.69, 9.17) is 9.72 Å². The fourth-order valence-corrected chi connectivity index (χ4v) is 6.16. The lowest BCUT2D eigenvalue weighted by Crippen LogP contribution is -2.63. The topological polar surface area (TPSA) is 76.0 Å². The predicted octanol–water partition coefficient (Wildman–Crippen LogP) is 5.23. The highest BCUT2D eigenvalue weighted by molar-refractivity contribution is 5.98. The predicted molar refractivity (Wildman–Crippen MR) is 141 cm³/mol. The quantitative estimate of drug-likeness (QED) is 0.383. The fraction of sp³-hybridized carbons (Fsp3) is 0.345. The number of likely N-dealkylation sites (tertiary alicyclic amines) is 1. The van der Waals surface area contributed by atoms with Crippen LogP contribution < -0.4 is 4.74 Å². The molecule has 36 heavy (non-hydrogen) atoms. The molecule has 0 bridgehead atoms. The van der Waals surface area contributed by atoms with Crippen molar-refractivity contribution in [3.63, 3.8) is 0 Å². The number of aromatic amines is 1. The molecule has 1 aliphatic heterocycles. The Hall–Kier alpha value is -3.87. The van der Waals surface area contributed by atoms with E-state index in [-0.39, 0.29) is 11.3 Å². The molecular weight excluding hydrogens is 450 g/mol. The third-order valence-electron chi connectivity index (χ3n) is 7.90. The average Bonchev–Trinajstić information content (AvgIpc) is 3.43. The number of aromatic nitrogens is 4. The first-order valence-corrected chi connectivity index (χ1v) is 12.6. The maximum Gasteiger partial charge on any atom is 0.245 e. The van der Waals surface area contributed by atoms with Crippen LogP contribution in [0.3, 0.4) is 0 Å². The van der Waals surface area contributed by atoms with Crippen molar-refractivity contribution in [2.45, 2.75) is 32.6 Å². The van der Waals surface area contributed by atoms with Crippen LogP contribution in [0, 0.1) is 12.3 Å². The first kappa shape index (κ1) is 22.6. The molecule has 1 aliphatic carbocycles. The van der Waals surface area contributed by atoms with Crippen LogP contribution in [0.1, 0.15) is 37.1 Å². The minimum atomic E-state index is 0.0322. The van der Waals surface area contributed by atoms with Gasteiger partial charge in [-0.3, -0.25) is 9.89 Å². The number of nitrogens with zero attached hydrogens (tertiary/aromatic N) is 4. The summed E-state index contributed by atoms with van der Waals surface area (Å²) in [6.45, 7) is 10.0. The smallest absolute Gasteiger partial charge is 0.245 e. The van der Waals surface area contributed by atoms with Gasteiger partial charge in [-0.15, -0.1) is 0 Å². The highest BCUT2D eigenvalue weighted by Crippen LogP contribution is 2.56. The average molecular weight is 482 g/mol. The van der Waals surface area contributed by atoms with Crippen molar-refractivity contribution in [2.24, 2.45) is 12.5 Å². The first-order chi connectivity index (χ1) is 17.4. The molecular formula is C29H31N5O2. The summed E-state index contributed by atoms with van der Waals surface area (Å²) >= 11 is 0. The first-order valence-electron chi connectivity index (χ1n) is 12.6. The lowest BCUT2D eigenvalue weighted by Gasteiger charge is -2.58. The molecule has 184 valence electrons. The normalized spacial score (nSPS) is 16.7. The van der Waals surface area contributed by atoms with Crippen LogP contribution in [0.25, 0.3) is 33.4 Å². The number of carbonyl (C=O) groups excluding carboxylic acids is 1. The van der Waals surface area contributed by atoms with Crippen LogP contribution in [-0.4, -0.2) is 50.3 Å². The van der Waals surface area contributed by atoms with E-state index in [1.807, 2.05) is 30.2 Å². The summed E-state index contributed by atoms with van der Waals surface area (Å²) in [5.74, 6) is 2.37. The van der Waals surface area contributed by atoms with Gasteiger partial charge in [0.1, 0.15) is 11.6 Å². The van der Waals surface area contributed by atoms with Crippen LogP contribution in [0.15, 0.2) is 55.3 Å². The molecule has 1 saturated carbocycles. The summed E-state index contributed by atoms with van der Waals surface area (Å²) in [7, 11) is 2.13. The van der Waals surface area contributed by atoms with Crippen molar-refractivity contribution in [2.75, 3.05) is 19.7 Å². The van der Waals surface area contributed by atoms with E-state index in [2.05, 4.69) is 59.6 Å². The van der Waals surface area contributed by atoms with Gasteiger partial charge in [-0.1, -0.05) is 12.6 Å². The van der Waals surface area contributed by atoms with Gasteiger partial charge in [0.2, 0.25) is 5.91 Å². The third kappa shape index (κ3) is 3.45. The number of rotatable bonds is 6. The summed E-state index contributed by atoms with van der Waals surface area (Å²) in [6, 6.07) is 12.4. The second-order valence-electron chi connectivity index (χ2n) is 10.3. The third-order valence-corrected chi connectivity index (χ3v) is 7.90. The van der Waals surface area contributed by atoms with Gasteiger partial charge < -0.3 is 14.2 Å². The summed E-state index contributed by atoms with van der Waals surface area (Å²) < 4.78 is 7.96. The molecule has 3 heterocycles. The number of aryl methyl sites for hydroxylation is 1. The van der Waals surface area contributed by atoms with Gasteiger partial charge in [0.15, 0.2) is 0 Å². The van der Waals surface area contributed by atoms with Crippen LogP contribution in [0.4, 0.5) is 0 Å². The molecule has 1 amide bonds. The van der Waals surface area contributed by atoms with Crippen molar-refractivity contribution >= 4 is 16.8 Å². The zero-order valence-corrected chi connectivity index (χ0v) is 21.0. The van der Waals surface area contributed by atoms with Gasteiger partial charge >= 0.3 is 0 Å². The Balaban J connectivity index is 1.41. The van der Waals surface area contributed by atoms with Crippen molar-refractivity contribution in [3.05, 3.63) is 66.6 Å². The Morgan fingerprint density at radius 3 is 2.67 bits per heavy atom. The molecule has 2 fully saturated rings. The molecule has 1 saturated heterocycles. The molecule has 1 spiro atoms. The Bertz CT molecular complexity index is 1470. The molecule has 7 heteroatoms. The Labute approximate surface area is 210 Å². The molecule has 2 aromatic heterocycles. The van der Waals surface area contributed by atoms with Crippen molar-refractivity contribution in [1.29, 1.82) is 0 Å². The van der Waals surface area contributed by atoms with Gasteiger partial charge in [-0.05, 0) is 68.7 Å². The highest BCUT2D eigenvalue weighted by Gasteiger charge is 2.54. The minimum Gasteiger partial charge on any atom is -0.494 e. The molecule has 2 aromatic carbocycles. The number of carbonyl (C=O) groups is 1. The lowest BCUT2D eigenvalue weighted by molar-refractivity contribution is -0.146. The van der Waals surface area contributed by atoms with Gasteiger partial charge in [-0.2, -0.15) is 5.10 Å². The van der Waals surface area contributed by atoms with Crippen molar-refractivity contribution < 1.29 is 9.53 Å². The number of imidazole rings is 1. The number of fused-ring (bicyclic) bond motifs is 1. The van der Waals surface area contributed by atoms with E-state index in [9.17, 15) is 4.79 Å². The van der Waals surface area contributed by atoms with Gasteiger partial charge in [-0.25, -0.2) is 4.98 Å².